The summed E-state index contributed by atoms with van der Waals surface area (Å²) in [6.45, 7) is 3.73. The lowest BCUT2D eigenvalue weighted by Gasteiger charge is -2.24. The molecule has 0 fully saturated rings. The average molecular weight is 334 g/mol. The van der Waals surface area contributed by atoms with Crippen LogP contribution in [0, 0.1) is 0 Å². The van der Waals surface area contributed by atoms with Crippen molar-refractivity contribution in [1.29, 1.82) is 0 Å². The second-order valence-corrected chi connectivity index (χ2v) is 6.09. The lowest BCUT2D eigenvalue weighted by atomic mass is 9.83. The highest BCUT2D eigenvalue weighted by molar-refractivity contribution is 6.30. The van der Waals surface area contributed by atoms with Crippen molar-refractivity contribution < 1.29 is 14.3 Å². The van der Waals surface area contributed by atoms with Crippen molar-refractivity contribution in [2.24, 2.45) is 0 Å². The van der Waals surface area contributed by atoms with Gasteiger partial charge in [0.2, 0.25) is 5.91 Å². The zero-order valence-corrected chi connectivity index (χ0v) is 14.4. The standard InChI is InChI=1S/C18H20ClNO3/c1-18(2,12-5-7-13(19)8-6-12)17(21)20-14-9-10-15(22-3)16(11-14)23-4/h5-11H,1-4H3,(H,20,21). The second kappa shape index (κ2) is 6.92. The first-order chi connectivity index (χ1) is 10.9. The maximum absolute atomic E-state index is 12.7. The van der Waals surface area contributed by atoms with E-state index in [9.17, 15) is 4.79 Å². The highest BCUT2D eigenvalue weighted by atomic mass is 35.5. The van der Waals surface area contributed by atoms with E-state index in [1.165, 1.54) is 0 Å². The Balaban J connectivity index is 2.22. The van der Waals surface area contributed by atoms with Crippen molar-refractivity contribution in [3.63, 3.8) is 0 Å². The summed E-state index contributed by atoms with van der Waals surface area (Å²) in [6, 6.07) is 12.5. The largest absolute Gasteiger partial charge is 0.493 e. The van der Waals surface area contributed by atoms with Gasteiger partial charge in [-0.2, -0.15) is 0 Å². The van der Waals surface area contributed by atoms with Gasteiger partial charge < -0.3 is 14.8 Å². The number of rotatable bonds is 5. The molecule has 0 radical (unpaired) electrons. The maximum Gasteiger partial charge on any atom is 0.234 e. The van der Waals surface area contributed by atoms with E-state index in [2.05, 4.69) is 5.32 Å². The van der Waals surface area contributed by atoms with E-state index in [0.29, 0.717) is 22.2 Å². The molecule has 2 aromatic rings. The Morgan fingerprint density at radius 2 is 1.61 bits per heavy atom. The molecule has 0 heterocycles. The topological polar surface area (TPSA) is 47.6 Å². The highest BCUT2D eigenvalue weighted by Gasteiger charge is 2.30. The van der Waals surface area contributed by atoms with Gasteiger partial charge in [0.1, 0.15) is 0 Å². The maximum atomic E-state index is 12.7. The summed E-state index contributed by atoms with van der Waals surface area (Å²) in [7, 11) is 3.13. The molecule has 0 aliphatic carbocycles. The molecule has 0 atom stereocenters. The molecule has 0 saturated heterocycles. The third-order valence-corrected chi connectivity index (χ3v) is 4.03. The van der Waals surface area contributed by atoms with Crippen molar-refractivity contribution >= 4 is 23.2 Å². The molecular formula is C18H20ClNO3. The molecule has 4 nitrogen and oxygen atoms in total. The monoisotopic (exact) mass is 333 g/mol. The first-order valence-corrected chi connectivity index (χ1v) is 7.56. The quantitative estimate of drug-likeness (QED) is 0.888. The molecule has 0 aliphatic rings. The fourth-order valence-electron chi connectivity index (χ4n) is 2.20. The second-order valence-electron chi connectivity index (χ2n) is 5.66. The van der Waals surface area contributed by atoms with Crippen LogP contribution in [0.3, 0.4) is 0 Å². The van der Waals surface area contributed by atoms with Crippen LogP contribution in [0.2, 0.25) is 5.02 Å². The van der Waals surface area contributed by atoms with E-state index >= 15 is 0 Å². The third-order valence-electron chi connectivity index (χ3n) is 3.77. The smallest absolute Gasteiger partial charge is 0.234 e. The van der Waals surface area contributed by atoms with Crippen molar-refractivity contribution in [2.75, 3.05) is 19.5 Å². The summed E-state index contributed by atoms with van der Waals surface area (Å²) in [5.74, 6) is 1.06. The van der Waals surface area contributed by atoms with Gasteiger partial charge in [0.15, 0.2) is 11.5 Å². The number of nitrogens with one attached hydrogen (secondary N) is 1. The van der Waals surface area contributed by atoms with Gasteiger partial charge in [-0.05, 0) is 43.7 Å². The van der Waals surface area contributed by atoms with Crippen LogP contribution in [-0.4, -0.2) is 20.1 Å². The summed E-state index contributed by atoms with van der Waals surface area (Å²) in [4.78, 5) is 12.7. The predicted molar refractivity (Wildman–Crippen MR) is 92.7 cm³/mol. The van der Waals surface area contributed by atoms with E-state index in [-0.39, 0.29) is 5.91 Å². The SMILES string of the molecule is COc1ccc(NC(=O)C(C)(C)c2ccc(Cl)cc2)cc1OC. The van der Waals surface area contributed by atoms with Crippen molar-refractivity contribution in [2.45, 2.75) is 19.3 Å². The van der Waals surface area contributed by atoms with Gasteiger partial charge in [0.25, 0.3) is 0 Å². The molecule has 0 unspecified atom stereocenters. The number of ether oxygens (including phenoxy) is 2. The first-order valence-electron chi connectivity index (χ1n) is 7.18. The Morgan fingerprint density at radius 3 is 2.17 bits per heavy atom. The molecule has 0 spiro atoms. The molecule has 0 aliphatic heterocycles. The Hall–Kier alpha value is -2.20. The highest BCUT2D eigenvalue weighted by Crippen LogP contribution is 2.31. The number of hydrogen-bond acceptors (Lipinski definition) is 3. The molecule has 23 heavy (non-hydrogen) atoms. The fraction of sp³-hybridized carbons (Fsp3) is 0.278. The van der Waals surface area contributed by atoms with E-state index in [1.54, 1.807) is 44.6 Å². The number of halogens is 1. The predicted octanol–water partition coefficient (Wildman–Crippen LogP) is 4.27. The summed E-state index contributed by atoms with van der Waals surface area (Å²) in [5, 5.41) is 3.56. The fourth-order valence-corrected chi connectivity index (χ4v) is 2.32. The summed E-state index contributed by atoms with van der Waals surface area (Å²) in [6.07, 6.45) is 0. The van der Waals surface area contributed by atoms with Crippen molar-refractivity contribution in [3.8, 4) is 11.5 Å². The Morgan fingerprint density at radius 1 is 1.00 bits per heavy atom. The van der Waals surface area contributed by atoms with Gasteiger partial charge in [-0.1, -0.05) is 23.7 Å². The lowest BCUT2D eigenvalue weighted by Crippen LogP contribution is -2.34. The molecule has 1 amide bonds. The third kappa shape index (κ3) is 3.77. The van der Waals surface area contributed by atoms with Gasteiger partial charge in [-0.3, -0.25) is 4.79 Å². The van der Waals surface area contributed by atoms with E-state index in [4.69, 9.17) is 21.1 Å². The van der Waals surface area contributed by atoms with Crippen LogP contribution in [0.25, 0.3) is 0 Å². The number of amides is 1. The Kier molecular flexibility index (Phi) is 5.16. The van der Waals surface area contributed by atoms with Gasteiger partial charge in [0.05, 0.1) is 19.6 Å². The van der Waals surface area contributed by atoms with Crippen LogP contribution >= 0.6 is 11.6 Å². The normalized spacial score (nSPS) is 11.0. The minimum Gasteiger partial charge on any atom is -0.493 e. The zero-order valence-electron chi connectivity index (χ0n) is 13.6. The van der Waals surface area contributed by atoms with E-state index in [1.807, 2.05) is 26.0 Å². The molecule has 2 aromatic carbocycles. The van der Waals surface area contributed by atoms with E-state index in [0.717, 1.165) is 5.56 Å². The Labute approximate surface area is 141 Å². The van der Waals surface area contributed by atoms with Crippen LogP contribution in [0.4, 0.5) is 5.69 Å². The summed E-state index contributed by atoms with van der Waals surface area (Å²) >= 11 is 5.91. The molecular weight excluding hydrogens is 314 g/mol. The molecule has 122 valence electrons. The zero-order chi connectivity index (χ0) is 17.0. The lowest BCUT2D eigenvalue weighted by molar-refractivity contribution is -0.120. The van der Waals surface area contributed by atoms with Crippen LogP contribution in [-0.2, 0) is 10.2 Å². The van der Waals surface area contributed by atoms with Crippen LogP contribution in [0.1, 0.15) is 19.4 Å². The van der Waals surface area contributed by atoms with Crippen molar-refractivity contribution in [3.05, 3.63) is 53.1 Å². The molecule has 0 aromatic heterocycles. The number of carbonyl (C=O) groups excluding carboxylic acids is 1. The van der Waals surface area contributed by atoms with Crippen molar-refractivity contribution in [1.82, 2.24) is 0 Å². The number of anilines is 1. The number of benzene rings is 2. The molecule has 0 saturated carbocycles. The molecule has 1 N–H and O–H groups in total. The number of methoxy groups -OCH3 is 2. The Bertz CT molecular complexity index is 696. The van der Waals surface area contributed by atoms with Crippen LogP contribution < -0.4 is 14.8 Å². The minimum atomic E-state index is -0.697. The van der Waals surface area contributed by atoms with Crippen LogP contribution in [0.15, 0.2) is 42.5 Å². The van der Waals surface area contributed by atoms with E-state index < -0.39 is 5.41 Å². The van der Waals surface area contributed by atoms with Gasteiger partial charge >= 0.3 is 0 Å². The molecule has 2 rings (SSSR count). The van der Waals surface area contributed by atoms with Gasteiger partial charge in [0, 0.05) is 16.8 Å². The van der Waals surface area contributed by atoms with Crippen LogP contribution in [0.5, 0.6) is 11.5 Å². The van der Waals surface area contributed by atoms with Gasteiger partial charge in [-0.25, -0.2) is 0 Å². The minimum absolute atomic E-state index is 0.118. The van der Waals surface area contributed by atoms with Gasteiger partial charge in [-0.15, -0.1) is 0 Å². The number of carbonyl (C=O) groups is 1. The molecule has 0 bridgehead atoms. The summed E-state index contributed by atoms with van der Waals surface area (Å²) in [5.41, 5.74) is 0.840. The number of hydrogen-bond donors (Lipinski definition) is 1. The molecule has 5 heteroatoms. The summed E-state index contributed by atoms with van der Waals surface area (Å²) < 4.78 is 10.4. The first kappa shape index (κ1) is 17.2. The average Bonchev–Trinajstić information content (AvgIpc) is 2.55.